The van der Waals surface area contributed by atoms with Crippen LogP contribution in [0.1, 0.15) is 67.2 Å². The van der Waals surface area contributed by atoms with Gasteiger partial charge < -0.3 is 30.7 Å². The molecule has 18 nitrogen and oxygen atoms in total. The van der Waals surface area contributed by atoms with Gasteiger partial charge in [0.05, 0.1) is 0 Å². The van der Waals surface area contributed by atoms with E-state index < -0.39 is 95.6 Å². The Kier molecular flexibility index (Phi) is 14.5. The van der Waals surface area contributed by atoms with Gasteiger partial charge in [0, 0.05) is 50.2 Å². The molecule has 0 radical (unpaired) electrons. The van der Waals surface area contributed by atoms with Crippen LogP contribution < -0.4 is 21.3 Å². The molecule has 2 rings (SSSR count). The molecule has 2 atom stereocenters. The molecular formula is C32H44N6O12. The highest BCUT2D eigenvalue weighted by Crippen LogP contribution is 2.11. The first-order valence-corrected chi connectivity index (χ1v) is 15.8. The summed E-state index contributed by atoms with van der Waals surface area (Å²) in [6.45, 7) is 8.14. The molecule has 2 aliphatic rings. The molecule has 0 aromatic carbocycles. The second-order valence-electron chi connectivity index (χ2n) is 13.2. The van der Waals surface area contributed by atoms with E-state index in [0.29, 0.717) is 9.80 Å². The summed E-state index contributed by atoms with van der Waals surface area (Å²) in [5.41, 5.74) is -1.48. The summed E-state index contributed by atoms with van der Waals surface area (Å²) in [7, 11) is 0. The summed E-state index contributed by atoms with van der Waals surface area (Å²) >= 11 is 0. The van der Waals surface area contributed by atoms with Crippen molar-refractivity contribution in [3.05, 3.63) is 24.3 Å². The third kappa shape index (κ3) is 14.0. The summed E-state index contributed by atoms with van der Waals surface area (Å²) in [6.07, 6.45) is 3.74. The van der Waals surface area contributed by atoms with Crippen molar-refractivity contribution in [2.75, 3.05) is 26.2 Å². The molecule has 0 saturated carbocycles. The largest absolute Gasteiger partial charge is 0.460 e. The third-order valence-corrected chi connectivity index (χ3v) is 6.49. The highest BCUT2D eigenvalue weighted by Gasteiger charge is 2.38. The maximum atomic E-state index is 13.5. The normalized spacial score (nSPS) is 15.5. The van der Waals surface area contributed by atoms with Gasteiger partial charge >= 0.3 is 11.9 Å². The van der Waals surface area contributed by atoms with E-state index in [0.717, 1.165) is 24.3 Å². The third-order valence-electron chi connectivity index (χ3n) is 6.49. The van der Waals surface area contributed by atoms with E-state index in [1.165, 1.54) is 0 Å². The molecule has 2 heterocycles. The Bertz CT molecular complexity index is 1310. The van der Waals surface area contributed by atoms with Crippen molar-refractivity contribution in [3.8, 4) is 0 Å². The predicted octanol–water partition coefficient (Wildman–Crippen LogP) is -1.72. The monoisotopic (exact) mass is 704 g/mol. The van der Waals surface area contributed by atoms with E-state index in [2.05, 4.69) is 21.3 Å². The maximum Gasteiger partial charge on any atom is 0.306 e. The highest BCUT2D eigenvalue weighted by atomic mass is 16.6. The smallest absolute Gasteiger partial charge is 0.306 e. The van der Waals surface area contributed by atoms with E-state index in [1.54, 1.807) is 41.5 Å². The first kappa shape index (κ1) is 40.8. The summed E-state index contributed by atoms with van der Waals surface area (Å²) in [5.74, 6) is -8.41. The van der Waals surface area contributed by atoms with Crippen LogP contribution in [0.3, 0.4) is 0 Å². The van der Waals surface area contributed by atoms with Crippen molar-refractivity contribution in [2.45, 2.75) is 90.5 Å². The Morgan fingerprint density at radius 3 is 1.16 bits per heavy atom. The van der Waals surface area contributed by atoms with E-state index in [9.17, 15) is 47.9 Å². The molecule has 0 spiro atoms. The van der Waals surface area contributed by atoms with Crippen LogP contribution in [0, 0.1) is 0 Å². The fourth-order valence-electron chi connectivity index (χ4n) is 4.39. The van der Waals surface area contributed by atoms with Crippen LogP contribution in [0.15, 0.2) is 24.3 Å². The van der Waals surface area contributed by atoms with Crippen molar-refractivity contribution in [3.63, 3.8) is 0 Å². The number of carbonyl (C=O) groups is 10. The quantitative estimate of drug-likeness (QED) is 0.0751. The molecule has 0 unspecified atom stereocenters. The molecule has 4 N–H and O–H groups in total. The average molecular weight is 705 g/mol. The number of rotatable bonds is 17. The van der Waals surface area contributed by atoms with Crippen molar-refractivity contribution in [1.82, 2.24) is 31.1 Å². The molecule has 8 amide bonds. The lowest BCUT2D eigenvalue weighted by Crippen LogP contribution is -2.65. The number of carbonyl (C=O) groups excluding carboxylic acids is 10. The zero-order valence-electron chi connectivity index (χ0n) is 28.9. The van der Waals surface area contributed by atoms with Crippen LogP contribution in [-0.2, 0) is 57.4 Å². The number of hydrogen-bond acceptors (Lipinski definition) is 12. The zero-order valence-corrected chi connectivity index (χ0v) is 28.9. The van der Waals surface area contributed by atoms with Crippen molar-refractivity contribution >= 4 is 59.2 Å². The maximum absolute atomic E-state index is 13.5. The van der Waals surface area contributed by atoms with Crippen LogP contribution in [0.2, 0.25) is 0 Å². The van der Waals surface area contributed by atoms with Gasteiger partial charge in [-0.3, -0.25) is 57.7 Å². The van der Waals surface area contributed by atoms with Crippen LogP contribution >= 0.6 is 0 Å². The minimum absolute atomic E-state index is 0.0871. The molecule has 0 aromatic heterocycles. The number of esters is 2. The topological polar surface area (TPSA) is 244 Å². The first-order chi connectivity index (χ1) is 23.2. The lowest BCUT2D eigenvalue weighted by atomic mass is 10.1. The Morgan fingerprint density at radius 2 is 0.880 bits per heavy atom. The van der Waals surface area contributed by atoms with Gasteiger partial charge in [-0.25, -0.2) is 0 Å². The molecule has 0 saturated heterocycles. The van der Waals surface area contributed by atoms with Gasteiger partial charge in [-0.2, -0.15) is 0 Å². The molecule has 50 heavy (non-hydrogen) atoms. The fourth-order valence-corrected chi connectivity index (χ4v) is 4.39. The Balaban J connectivity index is 2.28. The Morgan fingerprint density at radius 1 is 0.580 bits per heavy atom. The minimum Gasteiger partial charge on any atom is -0.460 e. The first-order valence-electron chi connectivity index (χ1n) is 15.8. The fraction of sp³-hybridized carbons (Fsp3) is 0.562. The molecule has 2 aliphatic heterocycles. The zero-order chi connectivity index (χ0) is 37.8. The molecule has 0 aromatic rings. The molecule has 0 bridgehead atoms. The van der Waals surface area contributed by atoms with Crippen LogP contribution in [0.25, 0.3) is 0 Å². The summed E-state index contributed by atoms with van der Waals surface area (Å²) in [4.78, 5) is 127. The van der Waals surface area contributed by atoms with Gasteiger partial charge in [0.2, 0.25) is 23.6 Å². The Hall–Kier alpha value is -5.42. The second kappa shape index (κ2) is 17.8. The number of ether oxygens (including phenoxy) is 2. The summed E-state index contributed by atoms with van der Waals surface area (Å²) in [5, 5.41) is 9.49. The number of imide groups is 2. The molecule has 18 heteroatoms. The van der Waals surface area contributed by atoms with Crippen molar-refractivity contribution in [2.24, 2.45) is 0 Å². The van der Waals surface area contributed by atoms with E-state index >= 15 is 0 Å². The molecule has 0 aliphatic carbocycles. The van der Waals surface area contributed by atoms with Crippen LogP contribution in [-0.4, -0.2) is 118 Å². The van der Waals surface area contributed by atoms with Crippen LogP contribution in [0.5, 0.6) is 0 Å². The number of nitrogens with zero attached hydrogens (tertiary/aromatic N) is 2. The van der Waals surface area contributed by atoms with Crippen LogP contribution in [0.4, 0.5) is 0 Å². The minimum atomic E-state index is -1.89. The van der Waals surface area contributed by atoms with Crippen molar-refractivity contribution in [1.29, 1.82) is 0 Å². The molecule has 274 valence electrons. The van der Waals surface area contributed by atoms with Gasteiger partial charge in [0.15, 0.2) is 0 Å². The lowest BCUT2D eigenvalue weighted by molar-refractivity contribution is -0.156. The molecule has 0 fully saturated rings. The van der Waals surface area contributed by atoms with Crippen molar-refractivity contribution < 1.29 is 57.4 Å². The average Bonchev–Trinajstić information content (AvgIpc) is 3.47. The summed E-state index contributed by atoms with van der Waals surface area (Å²) < 4.78 is 10.5. The second-order valence-corrected chi connectivity index (χ2v) is 13.2. The van der Waals surface area contributed by atoms with Gasteiger partial charge in [0.25, 0.3) is 23.6 Å². The number of hydrogen-bond donors (Lipinski definition) is 4. The van der Waals surface area contributed by atoms with Gasteiger partial charge in [0.1, 0.15) is 36.4 Å². The van der Waals surface area contributed by atoms with E-state index in [1.807, 2.05) is 0 Å². The van der Waals surface area contributed by atoms with E-state index in [4.69, 9.17) is 9.47 Å². The van der Waals surface area contributed by atoms with Gasteiger partial charge in [-0.1, -0.05) is 0 Å². The van der Waals surface area contributed by atoms with Gasteiger partial charge in [-0.15, -0.1) is 0 Å². The predicted molar refractivity (Wildman–Crippen MR) is 172 cm³/mol. The number of amides is 8. The summed E-state index contributed by atoms with van der Waals surface area (Å²) in [6, 6.07) is -3.77. The highest BCUT2D eigenvalue weighted by molar-refractivity contribution is 6.15. The van der Waals surface area contributed by atoms with Gasteiger partial charge in [-0.05, 0) is 54.4 Å². The standard InChI is InChI=1S/C32H44N6O12/c1-31(2,3)49-25(45)9-7-15-33-29(47)27(35-19(39)17-37-21(41)11-12-22(37)42)28(36-20(40)18-38-23(43)13-14-24(38)44)30(48)34-16-8-10-26(46)50-32(4,5)6/h11-14,27-28H,7-10,15-18H2,1-6H3,(H,33,47)(H,34,48)(H,35,39)(H,36,40)/t27-,28+. The Labute approximate surface area is 288 Å². The lowest BCUT2D eigenvalue weighted by Gasteiger charge is -2.28. The number of nitrogens with one attached hydrogen (secondary N) is 4. The van der Waals surface area contributed by atoms with E-state index in [-0.39, 0.29) is 38.8 Å². The molecular weight excluding hydrogens is 660 g/mol. The SMILES string of the molecule is CC(C)(C)OC(=O)CCCNC(=O)[C@@H](NC(=O)CN1C(=O)C=CC1=O)[C@@H](NC(=O)CN1C(=O)C=CC1=O)C(=O)NCCCC(=O)OC(C)(C)C.